The number of fused-ring (bicyclic) bond motifs is 2. The maximum atomic E-state index is 5.41. The first kappa shape index (κ1) is 14.8. The van der Waals surface area contributed by atoms with Gasteiger partial charge in [0.2, 0.25) is 0 Å². The zero-order valence-electron chi connectivity index (χ0n) is 14.3. The minimum Gasteiger partial charge on any atom is -0.330 e. The molecule has 0 amide bonds. The highest BCUT2D eigenvalue weighted by Crippen LogP contribution is 2.41. The molecule has 0 bridgehead atoms. The summed E-state index contributed by atoms with van der Waals surface area (Å²) < 4.78 is 0. The molecule has 0 N–H and O–H groups in total. The Bertz CT molecular complexity index is 613. The molecule has 1 fully saturated rings. The van der Waals surface area contributed by atoms with Gasteiger partial charge < -0.3 is 9.80 Å². The molecule has 0 radical (unpaired) electrons. The van der Waals surface area contributed by atoms with Crippen molar-refractivity contribution in [2.24, 2.45) is 10.9 Å². The molecule has 23 heavy (non-hydrogen) atoms. The Balaban J connectivity index is 1.72. The lowest BCUT2D eigenvalue weighted by Crippen LogP contribution is -2.44. The molecule has 0 aromatic heterocycles. The zero-order chi connectivity index (χ0) is 16.0. The Morgan fingerprint density at radius 3 is 2.70 bits per heavy atom. The molecule has 1 aliphatic carbocycles. The zero-order valence-corrected chi connectivity index (χ0v) is 14.3. The van der Waals surface area contributed by atoms with Crippen molar-refractivity contribution >= 4 is 6.21 Å². The lowest BCUT2D eigenvalue weighted by atomic mass is 9.90. The topological polar surface area (TPSA) is 31.3 Å². The predicted molar refractivity (Wildman–Crippen MR) is 90.8 cm³/mol. The minimum atomic E-state index is 0.374. The van der Waals surface area contributed by atoms with Crippen LogP contribution in [0.2, 0.25) is 0 Å². The van der Waals surface area contributed by atoms with Gasteiger partial charge in [-0.1, -0.05) is 26.2 Å². The predicted octanol–water partition coefficient (Wildman–Crippen LogP) is 3.41. The standard InChI is InChI=1S/C18H26N4O/c1-13-10-21(15-7-5-4-6-8-15)18-17(14(13)2)19-9-16-11-20(23-3)12-22(16)18/h9-11,14-15H,4-8,12H2,1-3H3. The van der Waals surface area contributed by atoms with Crippen molar-refractivity contribution < 1.29 is 4.84 Å². The molecule has 3 aliphatic heterocycles. The van der Waals surface area contributed by atoms with Crippen LogP contribution < -0.4 is 0 Å². The maximum Gasteiger partial charge on any atom is 0.137 e. The fourth-order valence-corrected chi connectivity index (χ4v) is 4.04. The third-order valence-corrected chi connectivity index (χ3v) is 5.57. The lowest BCUT2D eigenvalue weighted by Gasteiger charge is -2.44. The number of aliphatic imine (C=N–C) groups is 1. The number of allylic oxidation sites excluding steroid dienone is 2. The van der Waals surface area contributed by atoms with Gasteiger partial charge in [0, 0.05) is 18.2 Å². The Hall–Kier alpha value is -1.75. The van der Waals surface area contributed by atoms with E-state index in [1.54, 1.807) is 7.11 Å². The van der Waals surface area contributed by atoms with E-state index in [-0.39, 0.29) is 0 Å². The molecule has 4 aliphatic rings. The summed E-state index contributed by atoms with van der Waals surface area (Å²) in [5, 5.41) is 1.87. The fourth-order valence-electron chi connectivity index (χ4n) is 4.04. The summed E-state index contributed by atoms with van der Waals surface area (Å²) in [7, 11) is 1.72. The van der Waals surface area contributed by atoms with Gasteiger partial charge in [-0.2, -0.15) is 0 Å². The Labute approximate surface area is 138 Å². The van der Waals surface area contributed by atoms with Crippen molar-refractivity contribution in [1.82, 2.24) is 14.9 Å². The van der Waals surface area contributed by atoms with E-state index >= 15 is 0 Å². The van der Waals surface area contributed by atoms with Crippen LogP contribution in [0.5, 0.6) is 0 Å². The van der Waals surface area contributed by atoms with Crippen LogP contribution in [-0.4, -0.2) is 40.9 Å². The molecular formula is C18H26N4O. The molecule has 0 spiro atoms. The largest absolute Gasteiger partial charge is 0.330 e. The molecule has 3 heterocycles. The van der Waals surface area contributed by atoms with Gasteiger partial charge in [-0.05, 0) is 25.3 Å². The van der Waals surface area contributed by atoms with Crippen LogP contribution in [0.25, 0.3) is 0 Å². The van der Waals surface area contributed by atoms with Gasteiger partial charge in [0.15, 0.2) is 0 Å². The normalized spacial score (nSPS) is 28.0. The third-order valence-electron chi connectivity index (χ3n) is 5.57. The molecular weight excluding hydrogens is 288 g/mol. The fraction of sp³-hybridized carbons (Fsp3) is 0.611. The van der Waals surface area contributed by atoms with Gasteiger partial charge in [0.1, 0.15) is 12.5 Å². The molecule has 1 unspecified atom stereocenters. The van der Waals surface area contributed by atoms with Crippen LogP contribution >= 0.6 is 0 Å². The number of hydrogen-bond donors (Lipinski definition) is 0. The van der Waals surface area contributed by atoms with E-state index in [2.05, 4.69) is 29.8 Å². The summed E-state index contributed by atoms with van der Waals surface area (Å²) in [6, 6.07) is 0.599. The van der Waals surface area contributed by atoms with Crippen LogP contribution in [0.3, 0.4) is 0 Å². The Morgan fingerprint density at radius 2 is 1.96 bits per heavy atom. The number of nitrogens with zero attached hydrogens (tertiary/aromatic N) is 4. The van der Waals surface area contributed by atoms with Crippen LogP contribution in [-0.2, 0) is 4.84 Å². The van der Waals surface area contributed by atoms with Gasteiger partial charge in [-0.25, -0.2) is 5.06 Å². The molecule has 1 saturated carbocycles. The smallest absolute Gasteiger partial charge is 0.137 e. The second-order valence-corrected chi connectivity index (χ2v) is 6.98. The highest BCUT2D eigenvalue weighted by Gasteiger charge is 2.38. The van der Waals surface area contributed by atoms with E-state index in [0.29, 0.717) is 12.0 Å². The molecule has 5 nitrogen and oxygen atoms in total. The summed E-state index contributed by atoms with van der Waals surface area (Å²) in [5.74, 6) is 1.64. The van der Waals surface area contributed by atoms with Crippen molar-refractivity contribution in [3.63, 3.8) is 0 Å². The van der Waals surface area contributed by atoms with E-state index in [4.69, 9.17) is 9.83 Å². The van der Waals surface area contributed by atoms with Crippen LogP contribution in [0.4, 0.5) is 0 Å². The van der Waals surface area contributed by atoms with Gasteiger partial charge in [0.25, 0.3) is 0 Å². The minimum absolute atomic E-state index is 0.374. The third kappa shape index (κ3) is 2.38. The quantitative estimate of drug-likeness (QED) is 0.782. The van der Waals surface area contributed by atoms with Crippen LogP contribution in [0, 0.1) is 5.92 Å². The number of hydrogen-bond acceptors (Lipinski definition) is 5. The van der Waals surface area contributed by atoms with E-state index in [1.165, 1.54) is 49.2 Å². The first-order valence-corrected chi connectivity index (χ1v) is 8.74. The molecule has 0 aromatic rings. The monoisotopic (exact) mass is 314 g/mol. The highest BCUT2D eigenvalue weighted by atomic mass is 16.7. The molecule has 0 aromatic carbocycles. The first-order chi connectivity index (χ1) is 11.2. The molecule has 4 rings (SSSR count). The Morgan fingerprint density at radius 1 is 1.17 bits per heavy atom. The van der Waals surface area contributed by atoms with E-state index < -0.39 is 0 Å². The summed E-state index contributed by atoms with van der Waals surface area (Å²) in [5.41, 5.74) is 3.72. The number of rotatable bonds is 2. The van der Waals surface area contributed by atoms with Crippen molar-refractivity contribution in [2.75, 3.05) is 13.8 Å². The summed E-state index contributed by atoms with van der Waals surface area (Å²) in [4.78, 5) is 15.1. The van der Waals surface area contributed by atoms with Crippen molar-refractivity contribution in [3.05, 3.63) is 35.2 Å². The summed E-state index contributed by atoms with van der Waals surface area (Å²) in [6.07, 6.45) is 13.0. The lowest BCUT2D eigenvalue weighted by molar-refractivity contribution is -0.0973. The molecule has 0 saturated heterocycles. The SMILES string of the molecule is CON1C=C2C=NC3=C(N2C1)N(C1CCCCC1)C=C(C)C3C. The van der Waals surface area contributed by atoms with Crippen molar-refractivity contribution in [2.45, 2.75) is 52.0 Å². The van der Waals surface area contributed by atoms with Gasteiger partial charge in [0.05, 0.1) is 30.9 Å². The average molecular weight is 314 g/mol. The van der Waals surface area contributed by atoms with E-state index in [0.717, 1.165) is 12.4 Å². The van der Waals surface area contributed by atoms with E-state index in [9.17, 15) is 0 Å². The van der Waals surface area contributed by atoms with Gasteiger partial charge in [-0.15, -0.1) is 0 Å². The molecule has 5 heteroatoms. The average Bonchev–Trinajstić information content (AvgIpc) is 3.02. The van der Waals surface area contributed by atoms with Gasteiger partial charge >= 0.3 is 0 Å². The molecule has 1 atom stereocenters. The van der Waals surface area contributed by atoms with Gasteiger partial charge in [-0.3, -0.25) is 9.83 Å². The highest BCUT2D eigenvalue weighted by molar-refractivity contribution is 5.81. The number of hydroxylamine groups is 2. The summed E-state index contributed by atoms with van der Waals surface area (Å²) >= 11 is 0. The maximum absolute atomic E-state index is 5.41. The summed E-state index contributed by atoms with van der Waals surface area (Å²) in [6.45, 7) is 5.23. The molecule has 124 valence electrons. The second kappa shape index (κ2) is 5.71. The van der Waals surface area contributed by atoms with Crippen LogP contribution in [0.1, 0.15) is 46.0 Å². The Kier molecular flexibility index (Phi) is 3.68. The van der Waals surface area contributed by atoms with E-state index in [1.807, 2.05) is 17.5 Å². The van der Waals surface area contributed by atoms with Crippen molar-refractivity contribution in [1.29, 1.82) is 0 Å². The van der Waals surface area contributed by atoms with Crippen molar-refractivity contribution in [3.8, 4) is 0 Å². The van der Waals surface area contributed by atoms with Crippen LogP contribution in [0.15, 0.2) is 40.2 Å². The first-order valence-electron chi connectivity index (χ1n) is 8.74. The second-order valence-electron chi connectivity index (χ2n) is 6.98.